The van der Waals surface area contributed by atoms with Crippen LogP contribution in [0.5, 0.6) is 0 Å². The van der Waals surface area contributed by atoms with Gasteiger partial charge in [-0.05, 0) is 69.3 Å². The van der Waals surface area contributed by atoms with Gasteiger partial charge in [-0.25, -0.2) is 0 Å². The quantitative estimate of drug-likeness (QED) is 0.922. The molecule has 2 saturated heterocycles. The van der Waals surface area contributed by atoms with E-state index in [4.69, 9.17) is 5.26 Å². The van der Waals surface area contributed by atoms with E-state index < -0.39 is 0 Å². The van der Waals surface area contributed by atoms with E-state index in [9.17, 15) is 4.79 Å². The number of amides is 1. The van der Waals surface area contributed by atoms with Crippen molar-refractivity contribution in [1.29, 1.82) is 5.26 Å². The van der Waals surface area contributed by atoms with Crippen molar-refractivity contribution in [2.45, 2.75) is 50.6 Å². The van der Waals surface area contributed by atoms with Gasteiger partial charge in [0.25, 0.3) is 0 Å². The van der Waals surface area contributed by atoms with Crippen molar-refractivity contribution in [3.05, 3.63) is 35.5 Å². The lowest BCUT2D eigenvalue weighted by Gasteiger charge is -2.27. The number of aromatic nitrogens is 1. The van der Waals surface area contributed by atoms with Gasteiger partial charge in [0, 0.05) is 36.2 Å². The second kappa shape index (κ2) is 7.13. The van der Waals surface area contributed by atoms with Crippen molar-refractivity contribution in [2.24, 2.45) is 7.05 Å². The lowest BCUT2D eigenvalue weighted by atomic mass is 10.1. The average molecular weight is 350 g/mol. The first kappa shape index (κ1) is 17.1. The Bertz CT molecular complexity index is 857. The second-order valence-corrected chi connectivity index (χ2v) is 7.60. The topological polar surface area (TPSA) is 61.1 Å². The third-order valence-electron chi connectivity index (χ3n) is 6.02. The molecule has 0 spiro atoms. The molecule has 2 atom stereocenters. The summed E-state index contributed by atoms with van der Waals surface area (Å²) in [6.07, 6.45) is 6.28. The number of hydrogen-bond donors (Lipinski definition) is 1. The molecule has 136 valence electrons. The van der Waals surface area contributed by atoms with Crippen LogP contribution in [0.4, 0.5) is 0 Å². The summed E-state index contributed by atoms with van der Waals surface area (Å²) in [5.41, 5.74) is 3.13. The SMILES string of the molecule is Cn1c(CCC2CCCN2C(=O)C2CCCN2)cc2cc(C#N)ccc21. The van der Waals surface area contributed by atoms with E-state index in [1.807, 2.05) is 18.2 Å². The molecule has 2 aliphatic rings. The first-order chi connectivity index (χ1) is 12.7. The van der Waals surface area contributed by atoms with Crippen molar-refractivity contribution < 1.29 is 4.79 Å². The van der Waals surface area contributed by atoms with Gasteiger partial charge in [-0.3, -0.25) is 4.79 Å². The van der Waals surface area contributed by atoms with Crippen molar-refractivity contribution in [3.8, 4) is 6.07 Å². The van der Waals surface area contributed by atoms with Gasteiger partial charge in [-0.15, -0.1) is 0 Å². The number of hydrogen-bond acceptors (Lipinski definition) is 3. The molecule has 5 heteroatoms. The van der Waals surface area contributed by atoms with Crippen LogP contribution in [0.15, 0.2) is 24.3 Å². The molecular weight excluding hydrogens is 324 g/mol. The summed E-state index contributed by atoms with van der Waals surface area (Å²) in [7, 11) is 2.09. The fourth-order valence-electron chi connectivity index (χ4n) is 4.55. The first-order valence-electron chi connectivity index (χ1n) is 9.69. The summed E-state index contributed by atoms with van der Waals surface area (Å²) in [4.78, 5) is 14.9. The van der Waals surface area contributed by atoms with E-state index in [1.165, 1.54) is 5.69 Å². The summed E-state index contributed by atoms with van der Waals surface area (Å²) in [5.74, 6) is 0.306. The van der Waals surface area contributed by atoms with Crippen LogP contribution in [0.2, 0.25) is 0 Å². The maximum Gasteiger partial charge on any atom is 0.239 e. The zero-order valence-corrected chi connectivity index (χ0v) is 15.4. The highest BCUT2D eigenvalue weighted by Crippen LogP contribution is 2.26. The fraction of sp³-hybridized carbons (Fsp3) is 0.524. The highest BCUT2D eigenvalue weighted by atomic mass is 16.2. The minimum absolute atomic E-state index is 0.0395. The van der Waals surface area contributed by atoms with E-state index in [1.54, 1.807) is 0 Å². The van der Waals surface area contributed by atoms with Gasteiger partial charge in [-0.1, -0.05) is 0 Å². The van der Waals surface area contributed by atoms with Gasteiger partial charge in [-0.2, -0.15) is 5.26 Å². The molecule has 2 unspecified atom stereocenters. The molecule has 1 aromatic carbocycles. The van der Waals surface area contributed by atoms with Crippen molar-refractivity contribution >= 4 is 16.8 Å². The van der Waals surface area contributed by atoms with Crippen molar-refractivity contribution in [3.63, 3.8) is 0 Å². The largest absolute Gasteiger partial charge is 0.348 e. The molecule has 26 heavy (non-hydrogen) atoms. The van der Waals surface area contributed by atoms with E-state index in [2.05, 4.69) is 34.0 Å². The van der Waals surface area contributed by atoms with Crippen LogP contribution in [0.3, 0.4) is 0 Å². The highest BCUT2D eigenvalue weighted by Gasteiger charge is 2.33. The van der Waals surface area contributed by atoms with Crippen LogP contribution < -0.4 is 5.32 Å². The number of benzene rings is 1. The zero-order valence-electron chi connectivity index (χ0n) is 15.4. The van der Waals surface area contributed by atoms with Crippen molar-refractivity contribution in [2.75, 3.05) is 13.1 Å². The molecule has 2 aliphatic heterocycles. The Labute approximate surface area is 154 Å². The molecule has 5 nitrogen and oxygen atoms in total. The molecule has 2 aromatic rings. The first-order valence-corrected chi connectivity index (χ1v) is 9.69. The van der Waals surface area contributed by atoms with Gasteiger partial charge in [0.15, 0.2) is 0 Å². The number of likely N-dealkylation sites (tertiary alicyclic amines) is 1. The Kier molecular flexibility index (Phi) is 4.69. The second-order valence-electron chi connectivity index (χ2n) is 7.60. The maximum absolute atomic E-state index is 12.8. The Balaban J connectivity index is 1.46. The molecular formula is C21H26N4O. The number of rotatable bonds is 4. The van der Waals surface area contributed by atoms with Gasteiger partial charge in [0.05, 0.1) is 17.7 Å². The minimum Gasteiger partial charge on any atom is -0.348 e. The Morgan fingerprint density at radius 3 is 2.96 bits per heavy atom. The zero-order chi connectivity index (χ0) is 18.1. The third kappa shape index (κ3) is 3.10. The molecule has 0 aliphatic carbocycles. The van der Waals surface area contributed by atoms with E-state index >= 15 is 0 Å². The summed E-state index contributed by atoms with van der Waals surface area (Å²) >= 11 is 0. The van der Waals surface area contributed by atoms with E-state index in [0.29, 0.717) is 17.5 Å². The predicted octanol–water partition coefficient (Wildman–Crippen LogP) is 2.73. The van der Waals surface area contributed by atoms with Gasteiger partial charge in [0.2, 0.25) is 5.91 Å². The van der Waals surface area contributed by atoms with Gasteiger partial charge >= 0.3 is 0 Å². The number of carbonyl (C=O) groups is 1. The highest BCUT2D eigenvalue weighted by molar-refractivity contribution is 5.83. The monoisotopic (exact) mass is 350 g/mol. The maximum atomic E-state index is 12.8. The number of nitriles is 1. The number of carbonyl (C=O) groups excluding carboxylic acids is 1. The molecule has 4 rings (SSSR count). The van der Waals surface area contributed by atoms with Crippen LogP contribution in [0.25, 0.3) is 10.9 Å². The molecule has 0 bridgehead atoms. The van der Waals surface area contributed by atoms with Crippen LogP contribution in [-0.4, -0.2) is 40.5 Å². The molecule has 1 amide bonds. The van der Waals surface area contributed by atoms with E-state index in [-0.39, 0.29) is 6.04 Å². The van der Waals surface area contributed by atoms with Crippen LogP contribution in [0.1, 0.15) is 43.4 Å². The Morgan fingerprint density at radius 1 is 1.31 bits per heavy atom. The normalized spacial score (nSPS) is 22.8. The smallest absolute Gasteiger partial charge is 0.239 e. The summed E-state index contributed by atoms with van der Waals surface area (Å²) in [6.45, 7) is 1.87. The average Bonchev–Trinajstić information content (AvgIpc) is 3.40. The van der Waals surface area contributed by atoms with Crippen LogP contribution >= 0.6 is 0 Å². The molecule has 1 N–H and O–H groups in total. The summed E-state index contributed by atoms with van der Waals surface area (Å²) in [6, 6.07) is 10.6. The number of fused-ring (bicyclic) bond motifs is 1. The van der Waals surface area contributed by atoms with Crippen molar-refractivity contribution in [1.82, 2.24) is 14.8 Å². The number of nitrogens with one attached hydrogen (secondary N) is 1. The summed E-state index contributed by atoms with van der Waals surface area (Å²) in [5, 5.41) is 13.6. The van der Waals surface area contributed by atoms with Crippen LogP contribution in [0, 0.1) is 11.3 Å². The lowest BCUT2D eigenvalue weighted by molar-refractivity contribution is -0.134. The third-order valence-corrected chi connectivity index (χ3v) is 6.02. The molecule has 1 aromatic heterocycles. The Hall–Kier alpha value is -2.32. The van der Waals surface area contributed by atoms with Gasteiger partial charge in [0.1, 0.15) is 0 Å². The minimum atomic E-state index is 0.0395. The summed E-state index contributed by atoms with van der Waals surface area (Å²) < 4.78 is 2.22. The standard InChI is InChI=1S/C21H26N4O/c1-24-18(13-16-12-15(14-22)6-9-20(16)24)8-7-17-4-3-11-25(17)21(26)19-5-2-10-23-19/h6,9,12-13,17,19,23H,2-5,7-8,10-11H2,1H3. The number of nitrogens with zero attached hydrogens (tertiary/aromatic N) is 3. The lowest BCUT2D eigenvalue weighted by Crippen LogP contribution is -2.45. The fourth-order valence-corrected chi connectivity index (χ4v) is 4.55. The van der Waals surface area contributed by atoms with Gasteiger partial charge < -0.3 is 14.8 Å². The molecule has 0 saturated carbocycles. The van der Waals surface area contributed by atoms with Crippen LogP contribution in [-0.2, 0) is 18.3 Å². The molecule has 0 radical (unpaired) electrons. The molecule has 2 fully saturated rings. The number of aryl methyl sites for hydroxylation is 2. The van der Waals surface area contributed by atoms with E-state index in [0.717, 1.165) is 62.5 Å². The predicted molar refractivity (Wildman–Crippen MR) is 102 cm³/mol. The molecule has 3 heterocycles. The Morgan fingerprint density at radius 2 is 2.19 bits per heavy atom.